The van der Waals surface area contributed by atoms with E-state index in [2.05, 4.69) is 46.5 Å². The number of aromatic nitrogens is 1. The highest BCUT2D eigenvalue weighted by molar-refractivity contribution is 5.85. The summed E-state index contributed by atoms with van der Waals surface area (Å²) in [6.07, 6.45) is 0.907. The van der Waals surface area contributed by atoms with E-state index >= 15 is 0 Å². The number of aryl methyl sites for hydroxylation is 1. The van der Waals surface area contributed by atoms with Crippen molar-refractivity contribution in [1.29, 1.82) is 0 Å². The largest absolute Gasteiger partial charge is 0.378 e. The molecule has 3 N–H and O–H groups in total. The molecular formula is C15H20N4O. The van der Waals surface area contributed by atoms with Crippen LogP contribution in [0, 0.1) is 0 Å². The fourth-order valence-electron chi connectivity index (χ4n) is 2.62. The zero-order valence-electron chi connectivity index (χ0n) is 11.7. The number of nitrogens with zero attached hydrogens (tertiary/aromatic N) is 2. The molecule has 1 aromatic heterocycles. The average molecular weight is 272 g/mol. The summed E-state index contributed by atoms with van der Waals surface area (Å²) in [5.41, 5.74) is 6.02. The first-order chi connectivity index (χ1) is 9.81. The van der Waals surface area contributed by atoms with Crippen LogP contribution in [-0.2, 0) is 11.2 Å². The number of hydrogen-bond donors (Lipinski definition) is 2. The zero-order chi connectivity index (χ0) is 13.9. The Morgan fingerprint density at radius 1 is 1.30 bits per heavy atom. The molecule has 106 valence electrons. The summed E-state index contributed by atoms with van der Waals surface area (Å²) in [5, 5.41) is 1.16. The Kier molecular flexibility index (Phi) is 3.71. The number of nitrogen functional groups attached to an aromatic ring is 1. The first-order valence-corrected chi connectivity index (χ1v) is 7.05. The molecule has 1 aliphatic rings. The number of morpholine rings is 1. The van der Waals surface area contributed by atoms with E-state index in [1.165, 1.54) is 5.69 Å². The quantitative estimate of drug-likeness (QED) is 0.660. The zero-order valence-corrected chi connectivity index (χ0v) is 11.7. The number of nitrogens with two attached hydrogens (primary N) is 1. The molecule has 0 saturated carbocycles. The Morgan fingerprint density at radius 2 is 2.10 bits per heavy atom. The van der Waals surface area contributed by atoms with Crippen LogP contribution < -0.4 is 16.2 Å². The summed E-state index contributed by atoms with van der Waals surface area (Å²) in [6, 6.07) is 8.54. The molecule has 0 spiro atoms. The van der Waals surface area contributed by atoms with Gasteiger partial charge in [-0.3, -0.25) is 0 Å². The third-order valence-corrected chi connectivity index (χ3v) is 3.77. The van der Waals surface area contributed by atoms with E-state index in [4.69, 9.17) is 10.6 Å². The van der Waals surface area contributed by atoms with E-state index in [1.54, 1.807) is 0 Å². The minimum Gasteiger partial charge on any atom is -0.378 e. The molecule has 1 fully saturated rings. The van der Waals surface area contributed by atoms with E-state index in [-0.39, 0.29) is 0 Å². The van der Waals surface area contributed by atoms with Crippen molar-refractivity contribution in [2.75, 3.05) is 36.6 Å². The number of hydrogen-bond acceptors (Lipinski definition) is 5. The van der Waals surface area contributed by atoms with Gasteiger partial charge in [0.05, 0.1) is 18.7 Å². The first kappa shape index (κ1) is 13.1. The topological polar surface area (TPSA) is 63.4 Å². The van der Waals surface area contributed by atoms with Gasteiger partial charge < -0.3 is 15.1 Å². The number of hydrazine groups is 1. The minimum absolute atomic E-state index is 0.763. The summed E-state index contributed by atoms with van der Waals surface area (Å²) in [4.78, 5) is 6.92. The molecule has 5 nitrogen and oxygen atoms in total. The van der Waals surface area contributed by atoms with Gasteiger partial charge in [0.2, 0.25) is 0 Å². The highest BCUT2D eigenvalue weighted by atomic mass is 16.5. The predicted octanol–water partition coefficient (Wildman–Crippen LogP) is 1.92. The van der Waals surface area contributed by atoms with Gasteiger partial charge in [0.25, 0.3) is 0 Å². The monoisotopic (exact) mass is 272 g/mol. The van der Waals surface area contributed by atoms with Crippen molar-refractivity contribution in [3.8, 4) is 0 Å². The lowest BCUT2D eigenvalue weighted by Gasteiger charge is -2.29. The smallest absolute Gasteiger partial charge is 0.143 e. The molecule has 5 heteroatoms. The molecule has 3 rings (SSSR count). The highest BCUT2D eigenvalue weighted by Crippen LogP contribution is 2.25. The lowest BCUT2D eigenvalue weighted by atomic mass is 10.1. The molecule has 0 aliphatic carbocycles. The van der Waals surface area contributed by atoms with Gasteiger partial charge in [-0.05, 0) is 36.2 Å². The molecule has 1 saturated heterocycles. The summed E-state index contributed by atoms with van der Waals surface area (Å²) in [7, 11) is 0. The fourth-order valence-corrected chi connectivity index (χ4v) is 2.62. The van der Waals surface area contributed by atoms with Crippen LogP contribution in [0.2, 0.25) is 0 Å². The van der Waals surface area contributed by atoms with Crippen molar-refractivity contribution in [2.24, 2.45) is 5.84 Å². The summed E-state index contributed by atoms with van der Waals surface area (Å²) in [5.74, 6) is 6.29. The molecule has 0 amide bonds. The highest BCUT2D eigenvalue weighted by Gasteiger charge is 2.12. The molecule has 0 unspecified atom stereocenters. The third kappa shape index (κ3) is 2.42. The Bertz CT molecular complexity index is 608. The lowest BCUT2D eigenvalue weighted by Crippen LogP contribution is -2.36. The van der Waals surface area contributed by atoms with Crippen molar-refractivity contribution in [2.45, 2.75) is 13.3 Å². The van der Waals surface area contributed by atoms with Crippen molar-refractivity contribution in [3.63, 3.8) is 0 Å². The summed E-state index contributed by atoms with van der Waals surface area (Å²) in [6.45, 7) is 5.60. The predicted molar refractivity (Wildman–Crippen MR) is 82.0 cm³/mol. The van der Waals surface area contributed by atoms with Gasteiger partial charge in [-0.2, -0.15) is 0 Å². The van der Waals surface area contributed by atoms with Crippen LogP contribution in [0.25, 0.3) is 10.9 Å². The van der Waals surface area contributed by atoms with Crippen molar-refractivity contribution in [3.05, 3.63) is 29.8 Å². The van der Waals surface area contributed by atoms with Crippen LogP contribution in [0.4, 0.5) is 11.5 Å². The maximum atomic E-state index is 5.53. The molecule has 1 aliphatic heterocycles. The van der Waals surface area contributed by atoms with Crippen molar-refractivity contribution >= 4 is 22.4 Å². The number of anilines is 2. The number of pyridine rings is 1. The molecule has 0 bridgehead atoms. The number of nitrogens with one attached hydrogen (secondary N) is 1. The Labute approximate surface area is 118 Å². The van der Waals surface area contributed by atoms with Crippen LogP contribution in [0.5, 0.6) is 0 Å². The SMILES string of the molecule is CCc1cc2cc(N3CCOCC3)ccc2nc1NN. The number of rotatable bonds is 3. The summed E-state index contributed by atoms with van der Waals surface area (Å²) < 4.78 is 5.40. The average Bonchev–Trinajstić information content (AvgIpc) is 2.53. The van der Waals surface area contributed by atoms with E-state index in [0.29, 0.717) is 0 Å². The van der Waals surface area contributed by atoms with E-state index in [0.717, 1.165) is 55.0 Å². The molecule has 2 aromatic rings. The third-order valence-electron chi connectivity index (χ3n) is 3.77. The Balaban J connectivity index is 2.01. The molecule has 0 radical (unpaired) electrons. The van der Waals surface area contributed by atoms with E-state index in [9.17, 15) is 0 Å². The van der Waals surface area contributed by atoms with Gasteiger partial charge in [-0.1, -0.05) is 6.92 Å². The fraction of sp³-hybridized carbons (Fsp3) is 0.400. The standard InChI is InChI=1S/C15H20N4O/c1-2-11-9-12-10-13(19-5-7-20-8-6-19)3-4-14(12)17-15(11)18-16/h3-4,9-10H,2,5-8,16H2,1H3,(H,17,18). The van der Waals surface area contributed by atoms with Crippen LogP contribution in [-0.4, -0.2) is 31.3 Å². The molecular weight excluding hydrogens is 252 g/mol. The minimum atomic E-state index is 0.763. The molecule has 2 heterocycles. The van der Waals surface area contributed by atoms with Gasteiger partial charge in [0, 0.05) is 24.2 Å². The van der Waals surface area contributed by atoms with Gasteiger partial charge in [-0.15, -0.1) is 0 Å². The molecule has 1 aromatic carbocycles. The van der Waals surface area contributed by atoms with Gasteiger partial charge in [0.1, 0.15) is 5.82 Å². The van der Waals surface area contributed by atoms with E-state index < -0.39 is 0 Å². The van der Waals surface area contributed by atoms with E-state index in [1.807, 2.05) is 0 Å². The second-order valence-corrected chi connectivity index (χ2v) is 4.97. The van der Waals surface area contributed by atoms with Gasteiger partial charge >= 0.3 is 0 Å². The number of benzene rings is 1. The second kappa shape index (κ2) is 5.64. The molecule has 20 heavy (non-hydrogen) atoms. The van der Waals surface area contributed by atoms with Gasteiger partial charge in [0.15, 0.2) is 0 Å². The van der Waals surface area contributed by atoms with Gasteiger partial charge in [-0.25, -0.2) is 10.8 Å². The normalized spacial score (nSPS) is 15.6. The lowest BCUT2D eigenvalue weighted by molar-refractivity contribution is 0.122. The van der Waals surface area contributed by atoms with Crippen LogP contribution in [0.15, 0.2) is 24.3 Å². The second-order valence-electron chi connectivity index (χ2n) is 4.97. The maximum absolute atomic E-state index is 5.53. The Morgan fingerprint density at radius 3 is 2.80 bits per heavy atom. The summed E-state index contributed by atoms with van der Waals surface area (Å²) >= 11 is 0. The van der Waals surface area contributed by atoms with Crippen LogP contribution in [0.1, 0.15) is 12.5 Å². The molecule has 0 atom stereocenters. The van der Waals surface area contributed by atoms with Crippen molar-refractivity contribution in [1.82, 2.24) is 4.98 Å². The van der Waals surface area contributed by atoms with Crippen LogP contribution in [0.3, 0.4) is 0 Å². The number of ether oxygens (including phenoxy) is 1. The number of fused-ring (bicyclic) bond motifs is 1. The van der Waals surface area contributed by atoms with Crippen molar-refractivity contribution < 1.29 is 4.74 Å². The van der Waals surface area contributed by atoms with Crippen LogP contribution >= 0.6 is 0 Å². The maximum Gasteiger partial charge on any atom is 0.143 e. The Hall–Kier alpha value is -1.85. The first-order valence-electron chi connectivity index (χ1n) is 7.05.